The molecule has 1 unspecified atom stereocenters. The molecule has 1 atom stereocenters. The molecule has 12 heteroatoms. The lowest BCUT2D eigenvalue weighted by Crippen LogP contribution is -2.31. The molecule has 3 heterocycles. The Morgan fingerprint density at radius 2 is 2.10 bits per heavy atom. The van der Waals surface area contributed by atoms with Crippen LogP contribution in [0.5, 0.6) is 5.75 Å². The molecule has 0 saturated heterocycles. The highest BCUT2D eigenvalue weighted by Gasteiger charge is 2.30. The molecule has 1 aromatic carbocycles. The third kappa shape index (κ3) is 3.36. The van der Waals surface area contributed by atoms with Crippen LogP contribution in [0, 0.1) is 12.7 Å². The quantitative estimate of drug-likeness (QED) is 0.645. The van der Waals surface area contributed by atoms with Gasteiger partial charge in [0, 0.05) is 24.2 Å². The Morgan fingerprint density at radius 3 is 2.80 bits per heavy atom. The fourth-order valence-electron chi connectivity index (χ4n) is 3.66. The van der Waals surface area contributed by atoms with Crippen molar-refractivity contribution in [3.05, 3.63) is 40.1 Å². The van der Waals surface area contributed by atoms with Crippen LogP contribution in [0.25, 0.3) is 11.0 Å². The number of fused-ring (bicyclic) bond motifs is 2. The van der Waals surface area contributed by atoms with Gasteiger partial charge in [-0.05, 0) is 19.9 Å². The molecule has 160 valence electrons. The van der Waals surface area contributed by atoms with E-state index in [2.05, 4.69) is 15.1 Å². The number of benzene rings is 1. The molecule has 4 rings (SSSR count). The molecule has 0 fully saturated rings. The molecule has 0 spiro atoms. The van der Waals surface area contributed by atoms with Gasteiger partial charge in [0.1, 0.15) is 30.3 Å². The Kier molecular flexibility index (Phi) is 5.07. The van der Waals surface area contributed by atoms with Gasteiger partial charge in [-0.15, -0.1) is 0 Å². The molecule has 0 saturated carbocycles. The van der Waals surface area contributed by atoms with E-state index in [4.69, 9.17) is 22.1 Å². The van der Waals surface area contributed by atoms with Crippen LogP contribution in [0.15, 0.2) is 12.4 Å². The first-order chi connectivity index (χ1) is 14.1. The highest BCUT2D eigenvalue weighted by Crippen LogP contribution is 2.39. The average Bonchev–Trinajstić information content (AvgIpc) is 2.86. The summed E-state index contributed by atoms with van der Waals surface area (Å²) in [6.45, 7) is 3.65. The number of aromatic nitrogens is 4. The van der Waals surface area contributed by atoms with Crippen LogP contribution >= 0.6 is 11.6 Å². The second kappa shape index (κ2) is 7.33. The summed E-state index contributed by atoms with van der Waals surface area (Å²) in [5, 5.41) is 5.05. The molecule has 2 aromatic heterocycles. The Labute approximate surface area is 177 Å². The topological polar surface area (TPSA) is 116 Å². The first-order valence-electron chi connectivity index (χ1n) is 9.13. The minimum absolute atomic E-state index is 0.0782. The van der Waals surface area contributed by atoms with Crippen LogP contribution in [-0.4, -0.2) is 51.9 Å². The van der Waals surface area contributed by atoms with Gasteiger partial charge in [-0.1, -0.05) is 11.6 Å². The smallest absolute Gasteiger partial charge is 0.211 e. The third-order valence-electron chi connectivity index (χ3n) is 5.19. The Morgan fingerprint density at radius 1 is 1.37 bits per heavy atom. The standard InChI is InChI=1S/C18H20ClFN6O3S/c1-9-14-17(21)22-8-23-18(14)26(24-9)10(2)11-6-13(19)15(20)12-7-25(30(3,27)28)4-5-29-16(11)12/h6,8,10H,4-5,7H2,1-3H3,(H2,21,22,23). The fraction of sp³-hybridized carbons (Fsp3) is 0.389. The van der Waals surface area contributed by atoms with E-state index in [-0.39, 0.29) is 36.0 Å². The lowest BCUT2D eigenvalue weighted by molar-refractivity contribution is 0.289. The van der Waals surface area contributed by atoms with Crippen molar-refractivity contribution >= 4 is 38.5 Å². The van der Waals surface area contributed by atoms with Crippen LogP contribution in [0.3, 0.4) is 0 Å². The summed E-state index contributed by atoms with van der Waals surface area (Å²) in [5.41, 5.74) is 7.81. The van der Waals surface area contributed by atoms with E-state index in [0.717, 1.165) is 10.6 Å². The maximum Gasteiger partial charge on any atom is 0.211 e. The highest BCUT2D eigenvalue weighted by molar-refractivity contribution is 7.88. The van der Waals surface area contributed by atoms with Crippen LogP contribution in [0.4, 0.5) is 10.2 Å². The predicted molar refractivity (Wildman–Crippen MR) is 110 cm³/mol. The van der Waals surface area contributed by atoms with E-state index >= 15 is 0 Å². The van der Waals surface area contributed by atoms with Gasteiger partial charge < -0.3 is 10.5 Å². The minimum Gasteiger partial charge on any atom is -0.491 e. The largest absolute Gasteiger partial charge is 0.491 e. The maximum atomic E-state index is 14.9. The molecule has 30 heavy (non-hydrogen) atoms. The number of nitrogens with zero attached hydrogens (tertiary/aromatic N) is 5. The van der Waals surface area contributed by atoms with Crippen molar-refractivity contribution in [3.8, 4) is 5.75 Å². The molecule has 0 aliphatic carbocycles. The molecule has 9 nitrogen and oxygen atoms in total. The molecule has 3 aromatic rings. The summed E-state index contributed by atoms with van der Waals surface area (Å²) in [6.07, 6.45) is 2.42. The molecule has 0 radical (unpaired) electrons. The van der Waals surface area contributed by atoms with Gasteiger partial charge >= 0.3 is 0 Å². The van der Waals surface area contributed by atoms with Gasteiger partial charge in [0.05, 0.1) is 28.4 Å². The van der Waals surface area contributed by atoms with Crippen molar-refractivity contribution in [3.63, 3.8) is 0 Å². The second-order valence-electron chi connectivity index (χ2n) is 7.18. The summed E-state index contributed by atoms with van der Waals surface area (Å²) in [5.74, 6) is -0.128. The van der Waals surface area contributed by atoms with Crippen molar-refractivity contribution in [1.29, 1.82) is 0 Å². The normalized spacial score (nSPS) is 16.2. The first kappa shape index (κ1) is 20.8. The van der Waals surface area contributed by atoms with E-state index in [1.54, 1.807) is 11.6 Å². The number of nitrogens with two attached hydrogens (primary N) is 1. The number of sulfonamides is 1. The number of hydrogen-bond donors (Lipinski definition) is 1. The van der Waals surface area contributed by atoms with E-state index in [1.165, 1.54) is 12.4 Å². The van der Waals surface area contributed by atoms with E-state index < -0.39 is 21.9 Å². The van der Waals surface area contributed by atoms with Gasteiger partial charge in [-0.3, -0.25) is 0 Å². The number of halogens is 2. The number of nitrogen functional groups attached to an aromatic ring is 1. The number of anilines is 1. The number of ether oxygens (including phenoxy) is 1. The highest BCUT2D eigenvalue weighted by atomic mass is 35.5. The van der Waals surface area contributed by atoms with Crippen LogP contribution in [0.1, 0.15) is 29.8 Å². The van der Waals surface area contributed by atoms with E-state index in [9.17, 15) is 12.8 Å². The average molecular weight is 455 g/mol. The zero-order valence-corrected chi connectivity index (χ0v) is 18.1. The molecular formula is C18H20ClFN6O3S. The Balaban J connectivity index is 1.89. The SMILES string of the molecule is Cc1nn(C(C)c2cc(Cl)c(F)c3c2OCCN(S(C)(=O)=O)C3)c2ncnc(N)c12. The van der Waals surface area contributed by atoms with E-state index in [0.29, 0.717) is 28.1 Å². The van der Waals surface area contributed by atoms with Crippen molar-refractivity contribution in [2.75, 3.05) is 25.1 Å². The Bertz CT molecular complexity index is 1260. The maximum absolute atomic E-state index is 14.9. The summed E-state index contributed by atoms with van der Waals surface area (Å²) in [6, 6.07) is 1.02. The lowest BCUT2D eigenvalue weighted by atomic mass is 10.0. The molecular weight excluding hydrogens is 435 g/mol. The van der Waals surface area contributed by atoms with Crippen molar-refractivity contribution in [2.24, 2.45) is 0 Å². The van der Waals surface area contributed by atoms with Crippen LogP contribution < -0.4 is 10.5 Å². The van der Waals surface area contributed by atoms with Crippen molar-refractivity contribution < 1.29 is 17.5 Å². The zero-order chi connectivity index (χ0) is 21.8. The Hall–Kier alpha value is -2.50. The van der Waals surface area contributed by atoms with Crippen LogP contribution in [0.2, 0.25) is 5.02 Å². The molecule has 0 bridgehead atoms. The predicted octanol–water partition coefficient (Wildman–Crippen LogP) is 2.27. The number of hydrogen-bond acceptors (Lipinski definition) is 7. The summed E-state index contributed by atoms with van der Waals surface area (Å²) >= 11 is 6.17. The monoisotopic (exact) mass is 454 g/mol. The zero-order valence-electron chi connectivity index (χ0n) is 16.6. The van der Waals surface area contributed by atoms with Gasteiger partial charge in [0.25, 0.3) is 0 Å². The molecule has 2 N–H and O–H groups in total. The molecule has 1 aliphatic rings. The lowest BCUT2D eigenvalue weighted by Gasteiger charge is -2.21. The first-order valence-corrected chi connectivity index (χ1v) is 11.4. The van der Waals surface area contributed by atoms with E-state index in [1.807, 2.05) is 6.92 Å². The molecule has 0 amide bonds. The number of rotatable bonds is 3. The van der Waals surface area contributed by atoms with Crippen molar-refractivity contribution in [1.82, 2.24) is 24.1 Å². The number of aryl methyl sites for hydroxylation is 1. The molecule has 1 aliphatic heterocycles. The minimum atomic E-state index is -3.54. The summed E-state index contributed by atoms with van der Waals surface area (Å²) in [4.78, 5) is 8.31. The van der Waals surface area contributed by atoms with Gasteiger partial charge in [0.15, 0.2) is 5.65 Å². The second-order valence-corrected chi connectivity index (χ2v) is 9.57. The fourth-order valence-corrected chi connectivity index (χ4v) is 4.67. The van der Waals surface area contributed by atoms with Crippen molar-refractivity contribution in [2.45, 2.75) is 26.4 Å². The van der Waals surface area contributed by atoms with Gasteiger partial charge in [-0.25, -0.2) is 27.5 Å². The van der Waals surface area contributed by atoms with Crippen LogP contribution in [-0.2, 0) is 16.6 Å². The summed E-state index contributed by atoms with van der Waals surface area (Å²) < 4.78 is 47.6. The van der Waals surface area contributed by atoms with Gasteiger partial charge in [-0.2, -0.15) is 9.40 Å². The third-order valence-corrected chi connectivity index (χ3v) is 6.72. The summed E-state index contributed by atoms with van der Waals surface area (Å²) in [7, 11) is -3.54. The van der Waals surface area contributed by atoms with Gasteiger partial charge in [0.2, 0.25) is 10.0 Å².